The molecule has 0 aliphatic carbocycles. The van der Waals surface area contributed by atoms with Gasteiger partial charge in [0, 0.05) is 20.0 Å². The number of benzene rings is 1. The van der Waals surface area contributed by atoms with Crippen molar-refractivity contribution in [2.45, 2.75) is 19.4 Å². The van der Waals surface area contributed by atoms with Crippen molar-refractivity contribution in [1.29, 1.82) is 0 Å². The molecule has 0 saturated heterocycles. The summed E-state index contributed by atoms with van der Waals surface area (Å²) in [4.78, 5) is 11.6. The van der Waals surface area contributed by atoms with Crippen LogP contribution in [0.5, 0.6) is 0 Å². The fourth-order valence-electron chi connectivity index (χ4n) is 1.09. The summed E-state index contributed by atoms with van der Waals surface area (Å²) in [5, 5.41) is 9.11. The van der Waals surface area contributed by atoms with E-state index < -0.39 is 6.10 Å². The Hall–Kier alpha value is 0.0600. The number of carbonyl (C=O) groups is 1. The first kappa shape index (κ1) is 12.1. The monoisotopic (exact) mass is 368 g/mol. The highest BCUT2D eigenvalue weighted by atomic mass is 127. The third kappa shape index (κ3) is 3.33. The van der Waals surface area contributed by atoms with Gasteiger partial charge < -0.3 is 5.11 Å². The Morgan fingerprint density at radius 3 is 2.86 bits per heavy atom. The minimum absolute atomic E-state index is 0.0225. The van der Waals surface area contributed by atoms with Gasteiger partial charge in [-0.05, 0) is 47.7 Å². The van der Waals surface area contributed by atoms with E-state index >= 15 is 0 Å². The van der Waals surface area contributed by atoms with Crippen molar-refractivity contribution >= 4 is 44.3 Å². The number of aliphatic hydroxyl groups is 1. The van der Waals surface area contributed by atoms with Gasteiger partial charge >= 0.3 is 0 Å². The van der Waals surface area contributed by atoms with E-state index in [4.69, 9.17) is 5.11 Å². The summed E-state index contributed by atoms with van der Waals surface area (Å²) in [6.45, 7) is 1.61. The zero-order valence-corrected chi connectivity index (χ0v) is 11.4. The molecule has 0 heterocycles. The number of carbonyl (C=O) groups excluding carboxylic acids is 1. The van der Waals surface area contributed by atoms with Gasteiger partial charge in [0.25, 0.3) is 0 Å². The number of Topliss-reactive ketones (excluding diaryl/α,β-unsaturated/α-hetero) is 1. The van der Waals surface area contributed by atoms with Crippen LogP contribution in [0.25, 0.3) is 0 Å². The molecule has 1 unspecified atom stereocenters. The SMILES string of the molecule is CC(O)CC(=O)c1cc(Br)ccc1I. The van der Waals surface area contributed by atoms with E-state index in [1.807, 2.05) is 12.1 Å². The molecule has 0 bridgehead atoms. The molecule has 14 heavy (non-hydrogen) atoms. The first-order valence-corrected chi connectivity index (χ1v) is 6.04. The van der Waals surface area contributed by atoms with E-state index in [1.54, 1.807) is 13.0 Å². The molecule has 1 aromatic carbocycles. The topological polar surface area (TPSA) is 37.3 Å². The molecule has 0 fully saturated rings. The second kappa shape index (κ2) is 5.23. The lowest BCUT2D eigenvalue weighted by molar-refractivity contribution is 0.0900. The Labute approximate surface area is 105 Å². The quantitative estimate of drug-likeness (QED) is 0.657. The fourth-order valence-corrected chi connectivity index (χ4v) is 2.09. The van der Waals surface area contributed by atoms with Crippen molar-refractivity contribution in [3.63, 3.8) is 0 Å². The van der Waals surface area contributed by atoms with Crippen LogP contribution >= 0.6 is 38.5 Å². The van der Waals surface area contributed by atoms with Gasteiger partial charge in [-0.3, -0.25) is 4.79 Å². The van der Waals surface area contributed by atoms with Crippen molar-refractivity contribution < 1.29 is 9.90 Å². The maximum absolute atomic E-state index is 11.6. The van der Waals surface area contributed by atoms with E-state index in [1.165, 1.54) is 0 Å². The van der Waals surface area contributed by atoms with E-state index in [0.717, 1.165) is 8.04 Å². The smallest absolute Gasteiger partial charge is 0.166 e. The summed E-state index contributed by atoms with van der Waals surface area (Å²) in [6, 6.07) is 5.55. The van der Waals surface area contributed by atoms with Gasteiger partial charge in [0.2, 0.25) is 0 Å². The van der Waals surface area contributed by atoms with E-state index in [-0.39, 0.29) is 12.2 Å². The van der Waals surface area contributed by atoms with Crippen molar-refractivity contribution in [2.24, 2.45) is 0 Å². The molecule has 0 saturated carbocycles. The molecule has 0 spiro atoms. The maximum atomic E-state index is 11.6. The summed E-state index contributed by atoms with van der Waals surface area (Å²) < 4.78 is 1.79. The van der Waals surface area contributed by atoms with Gasteiger partial charge in [0.1, 0.15) is 0 Å². The second-order valence-corrected chi connectivity index (χ2v) is 5.18. The molecule has 1 N–H and O–H groups in total. The Kier molecular flexibility index (Phi) is 4.53. The van der Waals surface area contributed by atoms with Gasteiger partial charge in [-0.25, -0.2) is 0 Å². The average molecular weight is 369 g/mol. The molecule has 2 nitrogen and oxygen atoms in total. The van der Waals surface area contributed by atoms with Gasteiger partial charge in [-0.1, -0.05) is 15.9 Å². The number of hydrogen-bond acceptors (Lipinski definition) is 2. The van der Waals surface area contributed by atoms with E-state index in [2.05, 4.69) is 38.5 Å². The van der Waals surface area contributed by atoms with Crippen LogP contribution in [0.3, 0.4) is 0 Å². The van der Waals surface area contributed by atoms with Crippen LogP contribution in [0.2, 0.25) is 0 Å². The van der Waals surface area contributed by atoms with Crippen molar-refractivity contribution in [1.82, 2.24) is 0 Å². The summed E-state index contributed by atoms with van der Waals surface area (Å²) >= 11 is 5.43. The molecule has 76 valence electrons. The summed E-state index contributed by atoms with van der Waals surface area (Å²) in [6.07, 6.45) is -0.413. The van der Waals surface area contributed by atoms with Gasteiger partial charge in [-0.2, -0.15) is 0 Å². The number of aliphatic hydroxyl groups excluding tert-OH is 1. The minimum atomic E-state index is -0.586. The minimum Gasteiger partial charge on any atom is -0.393 e. The van der Waals surface area contributed by atoms with Crippen LogP contribution in [-0.2, 0) is 0 Å². The van der Waals surface area contributed by atoms with Crippen LogP contribution in [0, 0.1) is 3.57 Å². The van der Waals surface area contributed by atoms with Crippen molar-refractivity contribution in [2.75, 3.05) is 0 Å². The highest BCUT2D eigenvalue weighted by molar-refractivity contribution is 14.1. The van der Waals surface area contributed by atoms with Gasteiger partial charge in [-0.15, -0.1) is 0 Å². The lowest BCUT2D eigenvalue weighted by Crippen LogP contribution is -2.10. The van der Waals surface area contributed by atoms with Crippen LogP contribution in [0.15, 0.2) is 22.7 Å². The lowest BCUT2D eigenvalue weighted by Gasteiger charge is -2.06. The fraction of sp³-hybridized carbons (Fsp3) is 0.300. The lowest BCUT2D eigenvalue weighted by atomic mass is 10.1. The highest BCUT2D eigenvalue weighted by Crippen LogP contribution is 2.20. The molecular formula is C10H10BrIO2. The molecule has 0 aromatic heterocycles. The maximum Gasteiger partial charge on any atom is 0.166 e. The first-order valence-electron chi connectivity index (χ1n) is 4.17. The number of rotatable bonds is 3. The average Bonchev–Trinajstić information content (AvgIpc) is 2.08. The first-order chi connectivity index (χ1) is 6.50. The summed E-state index contributed by atoms with van der Waals surface area (Å²) in [7, 11) is 0. The number of ketones is 1. The second-order valence-electron chi connectivity index (χ2n) is 3.10. The number of halogens is 2. The molecule has 0 radical (unpaired) electrons. The van der Waals surface area contributed by atoms with Gasteiger partial charge in [0.15, 0.2) is 5.78 Å². The summed E-state index contributed by atoms with van der Waals surface area (Å²) in [5.41, 5.74) is 0.667. The largest absolute Gasteiger partial charge is 0.393 e. The van der Waals surface area contributed by atoms with Crippen molar-refractivity contribution in [3.8, 4) is 0 Å². The Balaban J connectivity index is 2.94. The van der Waals surface area contributed by atoms with Gasteiger partial charge in [0.05, 0.1) is 6.10 Å². The predicted octanol–water partition coefficient (Wildman–Crippen LogP) is 3.01. The normalized spacial score (nSPS) is 12.6. The third-order valence-corrected chi connectivity index (χ3v) is 3.14. The zero-order chi connectivity index (χ0) is 10.7. The van der Waals surface area contributed by atoms with E-state index in [9.17, 15) is 4.79 Å². The molecule has 1 rings (SSSR count). The zero-order valence-electron chi connectivity index (χ0n) is 7.63. The van der Waals surface area contributed by atoms with Crippen LogP contribution in [0.4, 0.5) is 0 Å². The molecule has 0 aliphatic heterocycles. The van der Waals surface area contributed by atoms with Crippen LogP contribution < -0.4 is 0 Å². The predicted molar refractivity (Wildman–Crippen MR) is 67.5 cm³/mol. The molecule has 1 aromatic rings. The third-order valence-electron chi connectivity index (χ3n) is 1.71. The molecule has 1 atom stereocenters. The standard InChI is InChI=1S/C10H10BrIO2/c1-6(13)4-10(14)8-5-7(11)2-3-9(8)12/h2-3,5-6,13H,4H2,1H3. The Morgan fingerprint density at radius 1 is 1.64 bits per heavy atom. The molecule has 0 aliphatic rings. The van der Waals surface area contributed by atoms with E-state index in [0.29, 0.717) is 5.56 Å². The molecular weight excluding hydrogens is 359 g/mol. The summed E-state index contributed by atoms with van der Waals surface area (Å²) in [5.74, 6) is -0.0225. The highest BCUT2D eigenvalue weighted by Gasteiger charge is 2.12. The van der Waals surface area contributed by atoms with Crippen LogP contribution in [-0.4, -0.2) is 17.0 Å². The molecule has 4 heteroatoms. The van der Waals surface area contributed by atoms with Crippen molar-refractivity contribution in [3.05, 3.63) is 31.8 Å². The van der Waals surface area contributed by atoms with Crippen LogP contribution in [0.1, 0.15) is 23.7 Å². The Bertz CT molecular complexity index is 350. The Morgan fingerprint density at radius 2 is 2.29 bits per heavy atom. The number of hydrogen-bond donors (Lipinski definition) is 1. The molecule has 0 amide bonds.